The second-order valence-corrected chi connectivity index (χ2v) is 11.0. The van der Waals surface area contributed by atoms with Crippen molar-refractivity contribution in [3.63, 3.8) is 0 Å². The zero-order valence-corrected chi connectivity index (χ0v) is 21.3. The van der Waals surface area contributed by atoms with E-state index in [9.17, 15) is 0 Å². The summed E-state index contributed by atoms with van der Waals surface area (Å²) in [7, 11) is 0. The van der Waals surface area contributed by atoms with Gasteiger partial charge in [0, 0.05) is 27.4 Å². The topological polar surface area (TPSA) is 21.7 Å². The van der Waals surface area contributed by atoms with Crippen LogP contribution >= 0.6 is 11.8 Å². The Hall–Kier alpha value is -4.09. The Kier molecular flexibility index (Phi) is 4.38. The van der Waals surface area contributed by atoms with Gasteiger partial charge < -0.3 is 14.4 Å². The van der Waals surface area contributed by atoms with E-state index in [-0.39, 0.29) is 6.71 Å². The van der Waals surface area contributed by atoms with Crippen LogP contribution in [-0.4, -0.2) is 6.71 Å². The molecule has 0 amide bonds. The van der Waals surface area contributed by atoms with Gasteiger partial charge in [-0.2, -0.15) is 0 Å². The Morgan fingerprint density at radius 3 is 1.65 bits per heavy atom. The van der Waals surface area contributed by atoms with Crippen LogP contribution in [-0.2, 0) is 0 Å². The lowest BCUT2D eigenvalue weighted by atomic mass is 9.34. The smallest absolute Gasteiger partial charge is 0.260 e. The summed E-state index contributed by atoms with van der Waals surface area (Å²) < 4.78 is 13.2. The van der Waals surface area contributed by atoms with Gasteiger partial charge in [-0.15, -0.1) is 0 Å². The third-order valence-corrected chi connectivity index (χ3v) is 8.59. The highest BCUT2D eigenvalue weighted by molar-refractivity contribution is 7.99. The number of aryl methyl sites for hydroxylation is 2. The molecule has 3 heterocycles. The third-order valence-electron chi connectivity index (χ3n) is 7.46. The predicted octanol–water partition coefficient (Wildman–Crippen LogP) is 6.97. The number of ether oxygens (including phenoxy) is 2. The van der Waals surface area contributed by atoms with Crippen LogP contribution in [0.1, 0.15) is 11.1 Å². The van der Waals surface area contributed by atoms with Gasteiger partial charge in [0.15, 0.2) is 0 Å². The molecule has 0 N–H and O–H groups in total. The van der Waals surface area contributed by atoms with E-state index in [1.807, 2.05) is 11.8 Å². The molecule has 5 aromatic carbocycles. The van der Waals surface area contributed by atoms with Gasteiger partial charge in [0.25, 0.3) is 6.71 Å². The maximum atomic E-state index is 6.62. The molecule has 0 unspecified atom stereocenters. The van der Waals surface area contributed by atoms with E-state index in [1.165, 1.54) is 31.8 Å². The van der Waals surface area contributed by atoms with Crippen molar-refractivity contribution in [2.24, 2.45) is 0 Å². The lowest BCUT2D eigenvalue weighted by Crippen LogP contribution is -2.57. The van der Waals surface area contributed by atoms with E-state index < -0.39 is 0 Å². The highest BCUT2D eigenvalue weighted by atomic mass is 32.2. The van der Waals surface area contributed by atoms with Crippen molar-refractivity contribution in [3.05, 3.63) is 108 Å². The molecule has 0 aliphatic carbocycles. The fraction of sp³-hybridized carbons (Fsp3) is 0.0625. The van der Waals surface area contributed by atoms with Gasteiger partial charge >= 0.3 is 0 Å². The average Bonchev–Trinajstić information content (AvgIpc) is 2.91. The molecule has 0 spiro atoms. The van der Waals surface area contributed by atoms with Crippen LogP contribution in [0, 0.1) is 13.8 Å². The second-order valence-electron chi connectivity index (χ2n) is 9.95. The summed E-state index contributed by atoms with van der Waals surface area (Å²) in [5.74, 6) is 3.54. The summed E-state index contributed by atoms with van der Waals surface area (Å²) in [4.78, 5) is 4.79. The highest BCUT2D eigenvalue weighted by Crippen LogP contribution is 2.52. The summed E-state index contributed by atoms with van der Waals surface area (Å²) in [5.41, 5.74) is 9.30. The maximum Gasteiger partial charge on any atom is 0.260 e. The van der Waals surface area contributed by atoms with Crippen molar-refractivity contribution in [1.82, 2.24) is 0 Å². The molecule has 0 aromatic heterocycles. The standard InChI is InChI=1S/C32H22BNO2S/c1-19-11-13-26-22(15-19)33-23-16-20(2)12-14-27(23)36-29-18-21(17-28(35-26)32(29)33)34-24-7-3-5-9-30(24)37-31-10-6-4-8-25(31)34/h3-18H,1-2H3. The molecule has 3 aliphatic rings. The first-order chi connectivity index (χ1) is 18.1. The van der Waals surface area contributed by atoms with Gasteiger partial charge in [0.2, 0.25) is 0 Å². The van der Waals surface area contributed by atoms with Crippen molar-refractivity contribution in [2.75, 3.05) is 4.90 Å². The monoisotopic (exact) mass is 495 g/mol. The van der Waals surface area contributed by atoms with E-state index in [0.29, 0.717) is 0 Å². The minimum absolute atomic E-state index is 0.0721. The molecule has 0 atom stereocenters. The SMILES string of the molecule is Cc1ccc2c(c1)B1c3cc(C)ccc3Oc3cc(N4c5ccccc5Sc5ccccc54)cc(c31)O2. The Bertz CT molecular complexity index is 1640. The van der Waals surface area contributed by atoms with Crippen LogP contribution in [0.2, 0.25) is 0 Å². The highest BCUT2D eigenvalue weighted by Gasteiger charge is 2.41. The van der Waals surface area contributed by atoms with Gasteiger partial charge in [0.05, 0.1) is 17.1 Å². The molecule has 3 aliphatic heterocycles. The lowest BCUT2D eigenvalue weighted by Gasteiger charge is -2.36. The summed E-state index contributed by atoms with van der Waals surface area (Å²) in [6, 6.07) is 34.5. The number of benzene rings is 5. The fourth-order valence-corrected chi connectivity index (χ4v) is 6.90. The molecule has 5 aromatic rings. The van der Waals surface area contributed by atoms with E-state index >= 15 is 0 Å². The van der Waals surface area contributed by atoms with E-state index in [0.717, 1.165) is 45.5 Å². The molecule has 0 bridgehead atoms. The molecule has 0 fully saturated rings. The minimum atomic E-state index is 0.0721. The van der Waals surface area contributed by atoms with Crippen LogP contribution < -0.4 is 30.8 Å². The molecule has 3 nitrogen and oxygen atoms in total. The number of rotatable bonds is 1. The van der Waals surface area contributed by atoms with Gasteiger partial charge in [-0.25, -0.2) is 0 Å². The molecule has 176 valence electrons. The number of hydrogen-bond acceptors (Lipinski definition) is 4. The summed E-state index contributed by atoms with van der Waals surface area (Å²) in [5, 5.41) is 0. The molecule has 0 saturated heterocycles. The zero-order valence-electron chi connectivity index (χ0n) is 20.5. The normalized spacial score (nSPS) is 13.9. The summed E-state index contributed by atoms with van der Waals surface area (Å²) >= 11 is 1.81. The largest absolute Gasteiger partial charge is 0.458 e. The average molecular weight is 495 g/mol. The zero-order chi connectivity index (χ0) is 24.7. The number of para-hydroxylation sites is 2. The van der Waals surface area contributed by atoms with Crippen LogP contribution in [0.25, 0.3) is 0 Å². The Labute approximate surface area is 220 Å². The minimum Gasteiger partial charge on any atom is -0.458 e. The van der Waals surface area contributed by atoms with Crippen LogP contribution in [0.5, 0.6) is 23.0 Å². The first-order valence-corrected chi connectivity index (χ1v) is 13.4. The molecular formula is C32H22BNO2S. The Balaban J connectivity index is 1.38. The molecule has 0 radical (unpaired) electrons. The molecular weight excluding hydrogens is 473 g/mol. The van der Waals surface area contributed by atoms with Gasteiger partial charge in [-0.3, -0.25) is 0 Å². The van der Waals surface area contributed by atoms with E-state index in [1.54, 1.807) is 0 Å². The van der Waals surface area contributed by atoms with Crippen molar-refractivity contribution >= 4 is 51.9 Å². The van der Waals surface area contributed by atoms with Gasteiger partial charge in [-0.1, -0.05) is 71.4 Å². The van der Waals surface area contributed by atoms with Crippen LogP contribution in [0.15, 0.2) is 107 Å². The first-order valence-electron chi connectivity index (χ1n) is 12.5. The van der Waals surface area contributed by atoms with Crippen molar-refractivity contribution in [3.8, 4) is 23.0 Å². The van der Waals surface area contributed by atoms with Crippen LogP contribution in [0.4, 0.5) is 17.1 Å². The van der Waals surface area contributed by atoms with Crippen LogP contribution in [0.3, 0.4) is 0 Å². The lowest BCUT2D eigenvalue weighted by molar-refractivity contribution is 0.464. The molecule has 37 heavy (non-hydrogen) atoms. The summed E-state index contributed by atoms with van der Waals surface area (Å²) in [6.07, 6.45) is 0. The van der Waals surface area contributed by atoms with E-state index in [2.05, 4.69) is 116 Å². The Morgan fingerprint density at radius 2 is 1.11 bits per heavy atom. The number of anilines is 3. The predicted molar refractivity (Wildman–Crippen MR) is 152 cm³/mol. The number of nitrogens with zero attached hydrogens (tertiary/aromatic N) is 1. The van der Waals surface area contributed by atoms with Crippen molar-refractivity contribution in [2.45, 2.75) is 23.6 Å². The summed E-state index contributed by atoms with van der Waals surface area (Å²) in [6.45, 7) is 4.35. The molecule has 8 rings (SSSR count). The molecule has 5 heteroatoms. The van der Waals surface area contributed by atoms with Gasteiger partial charge in [-0.05, 0) is 61.2 Å². The first kappa shape index (κ1) is 21.0. The van der Waals surface area contributed by atoms with E-state index in [4.69, 9.17) is 9.47 Å². The van der Waals surface area contributed by atoms with Crippen molar-refractivity contribution < 1.29 is 9.47 Å². The van der Waals surface area contributed by atoms with Gasteiger partial charge in [0.1, 0.15) is 23.0 Å². The second kappa shape index (κ2) is 7.71. The van der Waals surface area contributed by atoms with Crippen molar-refractivity contribution in [1.29, 1.82) is 0 Å². The number of hydrogen-bond donors (Lipinski definition) is 0. The Morgan fingerprint density at radius 1 is 0.595 bits per heavy atom. The molecule has 0 saturated carbocycles. The fourth-order valence-electron chi connectivity index (χ4n) is 5.84. The maximum absolute atomic E-state index is 6.62. The third kappa shape index (κ3) is 3.10. The number of fused-ring (bicyclic) bond motifs is 6. The quantitative estimate of drug-likeness (QED) is 0.230.